The zero-order valence-electron chi connectivity index (χ0n) is 4.53. The van der Waals surface area contributed by atoms with E-state index in [4.69, 9.17) is 5.73 Å². The minimum atomic E-state index is -0.621. The molecule has 0 aliphatic carbocycles. The summed E-state index contributed by atoms with van der Waals surface area (Å²) >= 11 is 0. The summed E-state index contributed by atoms with van der Waals surface area (Å²) in [4.78, 5) is 17.4. The van der Waals surface area contributed by atoms with Gasteiger partial charge in [0.2, 0.25) is 5.82 Å². The van der Waals surface area contributed by atoms with E-state index in [0.29, 0.717) is 0 Å². The van der Waals surface area contributed by atoms with Gasteiger partial charge in [0.05, 0.1) is 0 Å². The Bertz CT molecular complexity index is 209. The van der Waals surface area contributed by atoms with Crippen LogP contribution in [0.25, 0.3) is 0 Å². The lowest BCUT2D eigenvalue weighted by atomic mass is 10.5. The molecule has 0 bridgehead atoms. The van der Waals surface area contributed by atoms with Gasteiger partial charge in [-0.05, 0) is 0 Å². The zero-order valence-corrected chi connectivity index (χ0v) is 4.53. The van der Waals surface area contributed by atoms with Crippen molar-refractivity contribution < 1.29 is 4.79 Å². The maximum atomic E-state index is 10.3. The lowest BCUT2D eigenvalue weighted by Gasteiger charge is -1.87. The summed E-state index contributed by atoms with van der Waals surface area (Å²) in [6.07, 6.45) is 2.68. The highest BCUT2D eigenvalue weighted by molar-refractivity contribution is 5.88. The topological polar surface area (TPSA) is 68.9 Å². The van der Waals surface area contributed by atoms with Crippen LogP contribution in [0, 0.1) is 6.07 Å². The molecule has 4 nitrogen and oxygen atoms in total. The van der Waals surface area contributed by atoms with Crippen molar-refractivity contribution >= 4 is 5.91 Å². The number of primary amides is 1. The van der Waals surface area contributed by atoms with E-state index in [0.717, 1.165) is 0 Å². The number of nitrogens with two attached hydrogens (primary N) is 1. The first-order valence-electron chi connectivity index (χ1n) is 2.28. The minimum Gasteiger partial charge on any atom is -0.363 e. The van der Waals surface area contributed by atoms with Crippen molar-refractivity contribution in [3.63, 3.8) is 0 Å². The molecule has 45 valence electrons. The Kier molecular flexibility index (Phi) is 1.40. The van der Waals surface area contributed by atoms with E-state index >= 15 is 0 Å². The lowest BCUT2D eigenvalue weighted by Crippen LogP contribution is -2.14. The molecule has 1 rings (SSSR count). The number of carbonyl (C=O) groups excluding carboxylic acids is 1. The van der Waals surface area contributed by atoms with Crippen molar-refractivity contribution in [1.82, 2.24) is 9.97 Å². The number of carbonyl (C=O) groups is 1. The fourth-order valence-corrected chi connectivity index (χ4v) is 0.391. The monoisotopic (exact) mass is 122 g/mol. The van der Waals surface area contributed by atoms with Gasteiger partial charge in [-0.25, -0.2) is 9.97 Å². The first kappa shape index (κ1) is 5.68. The molecular weight excluding hydrogens is 118 g/mol. The third kappa shape index (κ3) is 1.22. The Balaban J connectivity index is 2.98. The van der Waals surface area contributed by atoms with Crippen LogP contribution in [0.15, 0.2) is 12.4 Å². The van der Waals surface area contributed by atoms with Crippen LogP contribution in [0.5, 0.6) is 0 Å². The van der Waals surface area contributed by atoms with Gasteiger partial charge in [0.15, 0.2) is 0 Å². The second-order valence-corrected chi connectivity index (χ2v) is 1.37. The molecule has 0 aromatic carbocycles. The lowest BCUT2D eigenvalue weighted by molar-refractivity contribution is 0.0990. The highest BCUT2D eigenvalue weighted by Crippen LogP contribution is 1.81. The number of hydrogen-bond acceptors (Lipinski definition) is 3. The van der Waals surface area contributed by atoms with Crippen molar-refractivity contribution in [2.24, 2.45) is 5.73 Å². The Hall–Kier alpha value is -1.45. The van der Waals surface area contributed by atoms with Gasteiger partial charge in [-0.15, -0.1) is 0 Å². The summed E-state index contributed by atoms with van der Waals surface area (Å²) in [6, 6.07) is 2.56. The molecule has 0 saturated heterocycles. The van der Waals surface area contributed by atoms with E-state index in [-0.39, 0.29) is 5.82 Å². The Morgan fingerprint density at radius 1 is 1.56 bits per heavy atom. The molecule has 1 aromatic heterocycles. The third-order valence-electron chi connectivity index (χ3n) is 0.743. The van der Waals surface area contributed by atoms with Gasteiger partial charge in [-0.2, -0.15) is 0 Å². The highest BCUT2D eigenvalue weighted by Gasteiger charge is 1.98. The maximum absolute atomic E-state index is 10.3. The summed E-state index contributed by atoms with van der Waals surface area (Å²) in [5.41, 5.74) is 4.84. The molecule has 0 aliphatic rings. The quantitative estimate of drug-likeness (QED) is 0.539. The first-order valence-corrected chi connectivity index (χ1v) is 2.28. The van der Waals surface area contributed by atoms with E-state index in [2.05, 4.69) is 16.0 Å². The van der Waals surface area contributed by atoms with Gasteiger partial charge in [0, 0.05) is 18.5 Å². The van der Waals surface area contributed by atoms with Crippen LogP contribution < -0.4 is 5.73 Å². The molecule has 0 aliphatic heterocycles. The summed E-state index contributed by atoms with van der Waals surface area (Å²) in [7, 11) is 0. The fourth-order valence-electron chi connectivity index (χ4n) is 0.391. The smallest absolute Gasteiger partial charge is 0.286 e. The Labute approximate surface area is 51.7 Å². The van der Waals surface area contributed by atoms with Gasteiger partial charge in [-0.3, -0.25) is 4.79 Å². The molecule has 1 heterocycles. The van der Waals surface area contributed by atoms with E-state index in [1.54, 1.807) is 0 Å². The minimum absolute atomic E-state index is 0.0220. The van der Waals surface area contributed by atoms with E-state index < -0.39 is 5.91 Å². The normalized spacial score (nSPS) is 8.89. The van der Waals surface area contributed by atoms with Crippen LogP contribution in [0.2, 0.25) is 0 Å². The molecule has 1 radical (unpaired) electrons. The van der Waals surface area contributed by atoms with Gasteiger partial charge in [0.1, 0.15) is 0 Å². The number of aromatic nitrogens is 2. The summed E-state index contributed by atoms with van der Waals surface area (Å²) in [5.74, 6) is -0.599. The predicted octanol–water partition coefficient (Wildman–Crippen LogP) is -0.624. The SMILES string of the molecule is NC(=O)c1nc[c]cn1. The molecule has 0 fully saturated rings. The van der Waals surface area contributed by atoms with Crippen LogP contribution in [0.1, 0.15) is 10.6 Å². The van der Waals surface area contributed by atoms with E-state index in [1.807, 2.05) is 0 Å². The molecule has 4 heteroatoms. The molecule has 0 spiro atoms. The van der Waals surface area contributed by atoms with Gasteiger partial charge in [-0.1, -0.05) is 0 Å². The van der Waals surface area contributed by atoms with Crippen LogP contribution >= 0.6 is 0 Å². The summed E-state index contributed by atoms with van der Waals surface area (Å²) < 4.78 is 0. The molecule has 9 heavy (non-hydrogen) atoms. The average molecular weight is 122 g/mol. The Morgan fingerprint density at radius 3 is 2.44 bits per heavy atom. The highest BCUT2D eigenvalue weighted by atomic mass is 16.1. The van der Waals surface area contributed by atoms with Crippen molar-refractivity contribution in [3.05, 3.63) is 24.3 Å². The molecule has 1 amide bonds. The predicted molar refractivity (Wildman–Crippen MR) is 29.4 cm³/mol. The number of hydrogen-bond donors (Lipinski definition) is 1. The molecule has 0 atom stereocenters. The largest absolute Gasteiger partial charge is 0.363 e. The number of amides is 1. The van der Waals surface area contributed by atoms with Crippen LogP contribution in [-0.4, -0.2) is 15.9 Å². The van der Waals surface area contributed by atoms with Crippen LogP contribution in [0.4, 0.5) is 0 Å². The molecule has 1 aromatic rings. The second-order valence-electron chi connectivity index (χ2n) is 1.37. The standard InChI is InChI=1S/C5H4N3O/c6-4(9)5-7-2-1-3-8-5/h2-3H,(H2,6,9). The van der Waals surface area contributed by atoms with Crippen LogP contribution in [0.3, 0.4) is 0 Å². The van der Waals surface area contributed by atoms with Crippen molar-refractivity contribution in [3.8, 4) is 0 Å². The van der Waals surface area contributed by atoms with Gasteiger partial charge in [0.25, 0.3) is 5.91 Å². The zero-order chi connectivity index (χ0) is 6.69. The third-order valence-corrected chi connectivity index (χ3v) is 0.743. The van der Waals surface area contributed by atoms with Crippen LogP contribution in [-0.2, 0) is 0 Å². The summed E-state index contributed by atoms with van der Waals surface area (Å²) in [5, 5.41) is 0. The fraction of sp³-hybridized carbons (Fsp3) is 0. The van der Waals surface area contributed by atoms with E-state index in [9.17, 15) is 4.79 Å². The number of rotatable bonds is 1. The van der Waals surface area contributed by atoms with Gasteiger partial charge < -0.3 is 5.73 Å². The van der Waals surface area contributed by atoms with Crippen molar-refractivity contribution in [2.75, 3.05) is 0 Å². The van der Waals surface area contributed by atoms with Crippen molar-refractivity contribution in [2.45, 2.75) is 0 Å². The molecule has 0 saturated carbocycles. The Morgan fingerprint density at radius 2 is 2.11 bits per heavy atom. The average Bonchev–Trinajstić information content (AvgIpc) is 1.90. The molecular formula is C5H4N3O. The van der Waals surface area contributed by atoms with Gasteiger partial charge >= 0.3 is 0 Å². The number of nitrogens with zero attached hydrogens (tertiary/aromatic N) is 2. The molecule has 0 unspecified atom stereocenters. The second kappa shape index (κ2) is 2.21. The first-order chi connectivity index (χ1) is 4.30. The molecule has 2 N–H and O–H groups in total. The maximum Gasteiger partial charge on any atom is 0.286 e. The van der Waals surface area contributed by atoms with E-state index in [1.165, 1.54) is 12.4 Å². The summed E-state index contributed by atoms with van der Waals surface area (Å²) in [6.45, 7) is 0. The van der Waals surface area contributed by atoms with Crippen molar-refractivity contribution in [1.29, 1.82) is 0 Å².